The molecule has 10 heteroatoms. The van der Waals surface area contributed by atoms with Gasteiger partial charge in [-0.2, -0.15) is 0 Å². The lowest BCUT2D eigenvalue weighted by Crippen LogP contribution is -2.26. The van der Waals surface area contributed by atoms with E-state index in [1.807, 2.05) is 35.8 Å². The Bertz CT molecular complexity index is 1390. The van der Waals surface area contributed by atoms with E-state index in [-0.39, 0.29) is 10.8 Å². The molecule has 33 heavy (non-hydrogen) atoms. The van der Waals surface area contributed by atoms with E-state index in [2.05, 4.69) is 9.97 Å². The van der Waals surface area contributed by atoms with Crippen LogP contribution in [0, 0.1) is 0 Å². The summed E-state index contributed by atoms with van der Waals surface area (Å²) in [6.07, 6.45) is 0.787. The second-order valence-corrected chi connectivity index (χ2v) is 11.3. The molecule has 174 valence electrons. The highest BCUT2D eigenvalue weighted by Crippen LogP contribution is 2.24. The predicted molar refractivity (Wildman–Crippen MR) is 131 cm³/mol. The molecule has 0 saturated carbocycles. The SMILES string of the molecule is CCn1c(CCC(=O)N(C)Cc2nc3ccccc3s2)nc2cc(S(=O)(=O)N(C)C)ccc21. The summed E-state index contributed by atoms with van der Waals surface area (Å²) in [7, 11) is 1.26. The van der Waals surface area contributed by atoms with E-state index in [9.17, 15) is 13.2 Å². The topological polar surface area (TPSA) is 88.4 Å². The summed E-state index contributed by atoms with van der Waals surface area (Å²) in [5.74, 6) is 0.786. The lowest BCUT2D eigenvalue weighted by molar-refractivity contribution is -0.130. The molecule has 4 aromatic rings. The fourth-order valence-electron chi connectivity index (χ4n) is 3.76. The van der Waals surface area contributed by atoms with E-state index in [1.54, 1.807) is 41.5 Å². The summed E-state index contributed by atoms with van der Waals surface area (Å²) in [5.41, 5.74) is 2.43. The van der Waals surface area contributed by atoms with Gasteiger partial charge in [-0.05, 0) is 37.3 Å². The van der Waals surface area contributed by atoms with Gasteiger partial charge in [0.05, 0.1) is 32.7 Å². The highest BCUT2D eigenvalue weighted by Gasteiger charge is 2.20. The van der Waals surface area contributed by atoms with Crippen molar-refractivity contribution in [3.8, 4) is 0 Å². The molecule has 2 aromatic carbocycles. The number of nitrogens with zero attached hydrogens (tertiary/aromatic N) is 5. The lowest BCUT2D eigenvalue weighted by atomic mass is 10.2. The van der Waals surface area contributed by atoms with Crippen molar-refractivity contribution < 1.29 is 13.2 Å². The third-order valence-corrected chi connectivity index (χ3v) is 8.42. The number of thiazole rings is 1. The number of carbonyl (C=O) groups is 1. The molecule has 0 fully saturated rings. The summed E-state index contributed by atoms with van der Waals surface area (Å²) >= 11 is 1.60. The number of amides is 1. The normalized spacial score (nSPS) is 12.2. The van der Waals surface area contributed by atoms with Crippen LogP contribution in [-0.2, 0) is 34.3 Å². The van der Waals surface area contributed by atoms with E-state index < -0.39 is 10.0 Å². The molecule has 4 rings (SSSR count). The van der Waals surface area contributed by atoms with Crippen molar-refractivity contribution in [3.05, 3.63) is 53.3 Å². The van der Waals surface area contributed by atoms with E-state index >= 15 is 0 Å². The minimum Gasteiger partial charge on any atom is -0.339 e. The van der Waals surface area contributed by atoms with Crippen LogP contribution in [0.3, 0.4) is 0 Å². The quantitative estimate of drug-likeness (QED) is 0.381. The van der Waals surface area contributed by atoms with Gasteiger partial charge in [0.25, 0.3) is 0 Å². The number of benzene rings is 2. The molecule has 0 unspecified atom stereocenters. The van der Waals surface area contributed by atoms with E-state index in [0.29, 0.717) is 31.4 Å². The van der Waals surface area contributed by atoms with Crippen LogP contribution in [0.15, 0.2) is 47.4 Å². The third-order valence-electron chi connectivity index (χ3n) is 5.59. The molecule has 2 aromatic heterocycles. The summed E-state index contributed by atoms with van der Waals surface area (Å²) < 4.78 is 29.3. The molecule has 2 heterocycles. The molecule has 8 nitrogen and oxygen atoms in total. The van der Waals surface area contributed by atoms with Crippen molar-refractivity contribution in [1.29, 1.82) is 0 Å². The van der Waals surface area contributed by atoms with Gasteiger partial charge in [0.1, 0.15) is 10.8 Å². The van der Waals surface area contributed by atoms with Gasteiger partial charge >= 0.3 is 0 Å². The van der Waals surface area contributed by atoms with Crippen molar-refractivity contribution in [2.24, 2.45) is 0 Å². The lowest BCUT2D eigenvalue weighted by Gasteiger charge is -2.15. The van der Waals surface area contributed by atoms with Crippen molar-refractivity contribution >= 4 is 48.5 Å². The average molecular weight is 486 g/mol. The zero-order chi connectivity index (χ0) is 23.8. The smallest absolute Gasteiger partial charge is 0.242 e. The Hall–Kier alpha value is -2.82. The van der Waals surface area contributed by atoms with Gasteiger partial charge in [0.2, 0.25) is 15.9 Å². The van der Waals surface area contributed by atoms with Crippen LogP contribution in [0.5, 0.6) is 0 Å². The monoisotopic (exact) mass is 485 g/mol. The number of sulfonamides is 1. The number of aromatic nitrogens is 3. The van der Waals surface area contributed by atoms with Crippen LogP contribution in [0.4, 0.5) is 0 Å². The Balaban J connectivity index is 1.49. The van der Waals surface area contributed by atoms with Gasteiger partial charge in [-0.3, -0.25) is 4.79 Å². The fraction of sp³-hybridized carbons (Fsp3) is 0.348. The predicted octanol–water partition coefficient (Wildman–Crippen LogP) is 3.51. The molecule has 0 N–H and O–H groups in total. The van der Waals surface area contributed by atoms with Crippen molar-refractivity contribution in [2.75, 3.05) is 21.1 Å². The molecular formula is C23H27N5O3S2. The van der Waals surface area contributed by atoms with E-state index in [4.69, 9.17) is 0 Å². The maximum absolute atomic E-state index is 12.8. The molecule has 0 saturated heterocycles. The molecule has 0 bridgehead atoms. The Kier molecular flexibility index (Phi) is 6.51. The zero-order valence-electron chi connectivity index (χ0n) is 19.1. The van der Waals surface area contributed by atoms with Crippen LogP contribution in [0.2, 0.25) is 0 Å². The molecule has 1 amide bonds. The second kappa shape index (κ2) is 9.20. The number of fused-ring (bicyclic) bond motifs is 2. The highest BCUT2D eigenvalue weighted by atomic mass is 32.2. The number of para-hydroxylation sites is 1. The number of aryl methyl sites for hydroxylation is 2. The van der Waals surface area contributed by atoms with Crippen LogP contribution in [-0.4, -0.2) is 59.2 Å². The Labute approximate surface area is 197 Å². The summed E-state index contributed by atoms with van der Waals surface area (Å²) in [6, 6.07) is 12.9. The number of hydrogen-bond acceptors (Lipinski definition) is 6. The van der Waals surface area contributed by atoms with Gasteiger partial charge in [-0.1, -0.05) is 12.1 Å². The van der Waals surface area contributed by atoms with Crippen molar-refractivity contribution in [1.82, 2.24) is 23.7 Å². The first-order valence-corrected chi connectivity index (χ1v) is 13.0. The minimum atomic E-state index is -3.54. The van der Waals surface area contributed by atoms with Crippen LogP contribution in [0.1, 0.15) is 24.2 Å². The highest BCUT2D eigenvalue weighted by molar-refractivity contribution is 7.89. The third kappa shape index (κ3) is 4.64. The van der Waals surface area contributed by atoms with Crippen LogP contribution < -0.4 is 0 Å². The van der Waals surface area contributed by atoms with Gasteiger partial charge in [-0.25, -0.2) is 22.7 Å². The first-order valence-electron chi connectivity index (χ1n) is 10.7. The van der Waals surface area contributed by atoms with E-state index in [1.165, 1.54) is 18.4 Å². The van der Waals surface area contributed by atoms with Crippen LogP contribution in [0.25, 0.3) is 21.3 Å². The second-order valence-electron chi connectivity index (χ2n) is 8.04. The Morgan fingerprint density at radius 1 is 1.06 bits per heavy atom. The van der Waals surface area contributed by atoms with Gasteiger partial charge < -0.3 is 9.47 Å². The molecule has 0 aliphatic heterocycles. The molecule has 0 atom stereocenters. The molecular weight excluding hydrogens is 458 g/mol. The molecule has 0 aliphatic rings. The number of carbonyl (C=O) groups excluding carboxylic acids is 1. The first kappa shape index (κ1) is 23.3. The fourth-order valence-corrected chi connectivity index (χ4v) is 5.71. The summed E-state index contributed by atoms with van der Waals surface area (Å²) in [6.45, 7) is 3.16. The van der Waals surface area contributed by atoms with E-state index in [0.717, 1.165) is 26.6 Å². The number of rotatable bonds is 8. The van der Waals surface area contributed by atoms with Crippen LogP contribution >= 0.6 is 11.3 Å². The Morgan fingerprint density at radius 2 is 1.82 bits per heavy atom. The number of hydrogen-bond donors (Lipinski definition) is 0. The van der Waals surface area contributed by atoms with Crippen molar-refractivity contribution in [2.45, 2.75) is 37.8 Å². The summed E-state index contributed by atoms with van der Waals surface area (Å²) in [5, 5.41) is 0.905. The number of imidazole rings is 1. The van der Waals surface area contributed by atoms with Gasteiger partial charge in [0, 0.05) is 40.5 Å². The molecule has 0 radical (unpaired) electrons. The first-order chi connectivity index (χ1) is 15.7. The maximum atomic E-state index is 12.8. The standard InChI is InChI=1S/C23H27N5O3S2/c1-5-28-19-11-10-16(33(30,31)26(2)3)14-18(19)24-21(28)12-13-23(29)27(4)15-22-25-17-8-6-7-9-20(17)32-22/h6-11,14H,5,12-13,15H2,1-4H3. The summed E-state index contributed by atoms with van der Waals surface area (Å²) in [4.78, 5) is 24.0. The molecule has 0 aliphatic carbocycles. The minimum absolute atomic E-state index is 0.0137. The largest absolute Gasteiger partial charge is 0.339 e. The zero-order valence-corrected chi connectivity index (χ0v) is 20.8. The van der Waals surface area contributed by atoms with Gasteiger partial charge in [0.15, 0.2) is 0 Å². The maximum Gasteiger partial charge on any atom is 0.242 e. The van der Waals surface area contributed by atoms with Gasteiger partial charge in [-0.15, -0.1) is 11.3 Å². The average Bonchev–Trinajstić information content (AvgIpc) is 3.36. The van der Waals surface area contributed by atoms with Crippen molar-refractivity contribution in [3.63, 3.8) is 0 Å². The molecule has 0 spiro atoms. The Morgan fingerprint density at radius 3 is 2.52 bits per heavy atom.